The fraction of sp³-hybridized carbons (Fsp3) is 0.182. The van der Waals surface area contributed by atoms with Crippen LogP contribution in [0, 0.1) is 10.1 Å². The molecule has 0 bridgehead atoms. The number of fused-ring (bicyclic) bond motifs is 1. The number of para-hydroxylation sites is 1. The Morgan fingerprint density at radius 2 is 2.09 bits per heavy atom. The van der Waals surface area contributed by atoms with E-state index < -0.39 is 17.0 Å². The minimum atomic E-state index is -1.03. The number of aromatic nitrogens is 1. The van der Waals surface area contributed by atoms with E-state index in [-0.39, 0.29) is 12.4 Å². The van der Waals surface area contributed by atoms with Gasteiger partial charge in [-0.15, -0.1) is 0 Å². The Labute approximate surface area is 182 Å². The largest absolute Gasteiger partial charge is 0.433 e. The van der Waals surface area contributed by atoms with E-state index in [0.29, 0.717) is 35.2 Å². The van der Waals surface area contributed by atoms with Gasteiger partial charge in [0.15, 0.2) is 6.17 Å². The molecule has 1 atom stereocenters. The molecule has 0 amide bonds. The second kappa shape index (κ2) is 9.40. The monoisotopic (exact) mass is 437 g/mol. The van der Waals surface area contributed by atoms with Crippen molar-refractivity contribution in [2.75, 3.05) is 23.2 Å². The van der Waals surface area contributed by atoms with Crippen molar-refractivity contribution in [3.05, 3.63) is 88.4 Å². The van der Waals surface area contributed by atoms with Crippen molar-refractivity contribution in [2.45, 2.75) is 12.6 Å². The summed E-state index contributed by atoms with van der Waals surface area (Å²) in [7, 11) is 0. The van der Waals surface area contributed by atoms with Gasteiger partial charge in [-0.25, -0.2) is 4.99 Å². The zero-order chi connectivity index (χ0) is 22.5. The quantitative estimate of drug-likeness (QED) is 0.339. The van der Waals surface area contributed by atoms with Crippen LogP contribution in [0.15, 0.2) is 76.4 Å². The third-order valence-corrected chi connectivity index (χ3v) is 4.84. The Balaban J connectivity index is 1.73. The molecule has 4 rings (SSSR count). The summed E-state index contributed by atoms with van der Waals surface area (Å²) in [5, 5.41) is 20.7. The maximum absolute atomic E-state index is 15.2. The number of hydrogen-bond acceptors (Lipinski definition) is 8. The van der Waals surface area contributed by atoms with Gasteiger partial charge in [0.2, 0.25) is 0 Å². The Hall–Kier alpha value is -4.05. The summed E-state index contributed by atoms with van der Waals surface area (Å²) in [5.74, 6) is 0.341. The van der Waals surface area contributed by atoms with Gasteiger partial charge in [-0.2, -0.15) is 5.12 Å². The Morgan fingerprint density at radius 1 is 1.25 bits per heavy atom. The fourth-order valence-electron chi connectivity index (χ4n) is 3.38. The van der Waals surface area contributed by atoms with Crippen LogP contribution in [0.2, 0.25) is 0 Å². The topological polar surface area (TPSA) is 108 Å². The molecule has 0 saturated carbocycles. The van der Waals surface area contributed by atoms with E-state index in [1.54, 1.807) is 42.7 Å². The highest BCUT2D eigenvalue weighted by molar-refractivity contribution is 6.14. The third-order valence-electron chi connectivity index (χ3n) is 4.84. The zero-order valence-corrected chi connectivity index (χ0v) is 16.9. The van der Waals surface area contributed by atoms with Gasteiger partial charge in [0.05, 0.1) is 23.6 Å². The molecule has 1 aliphatic heterocycles. The first-order valence-corrected chi connectivity index (χ1v) is 9.91. The predicted molar refractivity (Wildman–Crippen MR) is 118 cm³/mol. The zero-order valence-electron chi connectivity index (χ0n) is 16.9. The lowest BCUT2D eigenvalue weighted by Crippen LogP contribution is -2.40. The van der Waals surface area contributed by atoms with Crippen molar-refractivity contribution in [3.63, 3.8) is 0 Å². The smallest absolute Gasteiger partial charge is 0.401 e. The van der Waals surface area contributed by atoms with E-state index in [4.69, 9.17) is 4.42 Å². The van der Waals surface area contributed by atoms with Crippen LogP contribution in [0.1, 0.15) is 17.7 Å². The lowest BCUT2D eigenvalue weighted by molar-refractivity contribution is -0.402. The number of halogens is 1. The number of hydrogen-bond donors (Lipinski definition) is 1. The van der Waals surface area contributed by atoms with Gasteiger partial charge < -0.3 is 14.4 Å². The normalized spacial score (nSPS) is 15.5. The molecule has 1 unspecified atom stereocenters. The lowest BCUT2D eigenvalue weighted by atomic mass is 10.1. The van der Waals surface area contributed by atoms with E-state index in [1.807, 2.05) is 11.0 Å². The molecule has 0 aliphatic carbocycles. The Bertz CT molecular complexity index is 1150. The highest BCUT2D eigenvalue weighted by Crippen LogP contribution is 2.32. The minimum Gasteiger partial charge on any atom is -0.401 e. The summed E-state index contributed by atoms with van der Waals surface area (Å²) >= 11 is 0. The second-order valence-corrected chi connectivity index (χ2v) is 6.93. The molecular weight excluding hydrogens is 417 g/mol. The van der Waals surface area contributed by atoms with Crippen molar-refractivity contribution >= 4 is 29.2 Å². The highest BCUT2D eigenvalue weighted by Gasteiger charge is 2.30. The molecule has 32 heavy (non-hydrogen) atoms. The van der Waals surface area contributed by atoms with Crippen molar-refractivity contribution in [2.24, 2.45) is 4.99 Å². The van der Waals surface area contributed by atoms with Crippen LogP contribution in [0.5, 0.6) is 0 Å². The van der Waals surface area contributed by atoms with E-state index >= 15 is 4.48 Å². The SMILES string of the molecule is O=[N+]([O-])c1ccc(C=CC2N=C(N(CCCO)c3cccnc3)c3ccccc3N2F)o1. The molecular formula is C22H20FN5O4. The molecule has 1 aliphatic rings. The molecule has 0 fully saturated rings. The number of furan rings is 1. The predicted octanol–water partition coefficient (Wildman–Crippen LogP) is 3.96. The summed E-state index contributed by atoms with van der Waals surface area (Å²) in [6.45, 7) is 0.435. The maximum Gasteiger partial charge on any atom is 0.433 e. The van der Waals surface area contributed by atoms with E-state index in [0.717, 1.165) is 5.69 Å². The van der Waals surface area contributed by atoms with Crippen molar-refractivity contribution in [3.8, 4) is 0 Å². The van der Waals surface area contributed by atoms with Crippen LogP contribution in [0.4, 0.5) is 21.7 Å². The summed E-state index contributed by atoms with van der Waals surface area (Å²) in [6, 6.07) is 13.3. The number of nitro groups is 1. The number of aliphatic hydroxyl groups excluding tert-OH is 1. The number of amidine groups is 1. The Kier molecular flexibility index (Phi) is 6.22. The average molecular weight is 437 g/mol. The molecule has 2 aromatic heterocycles. The second-order valence-electron chi connectivity index (χ2n) is 6.93. The molecule has 3 aromatic rings. The molecule has 1 aromatic carbocycles. The first-order valence-electron chi connectivity index (χ1n) is 9.91. The van der Waals surface area contributed by atoms with E-state index in [2.05, 4.69) is 9.98 Å². The van der Waals surface area contributed by atoms with Gasteiger partial charge in [-0.3, -0.25) is 15.1 Å². The molecule has 1 N–H and O–H groups in total. The number of aliphatic imine (C=N–C) groups is 1. The molecule has 164 valence electrons. The van der Waals surface area contributed by atoms with Crippen LogP contribution >= 0.6 is 0 Å². The van der Waals surface area contributed by atoms with E-state index in [1.165, 1.54) is 24.3 Å². The van der Waals surface area contributed by atoms with Gasteiger partial charge in [0.1, 0.15) is 16.5 Å². The summed E-state index contributed by atoms with van der Waals surface area (Å²) in [5.41, 5.74) is 1.68. The molecule has 3 heterocycles. The van der Waals surface area contributed by atoms with Crippen LogP contribution < -0.4 is 10.0 Å². The number of benzene rings is 1. The summed E-state index contributed by atoms with van der Waals surface area (Å²) in [4.78, 5) is 20.8. The summed E-state index contributed by atoms with van der Waals surface area (Å²) < 4.78 is 20.3. The molecule has 9 nitrogen and oxygen atoms in total. The van der Waals surface area contributed by atoms with Gasteiger partial charge in [0.25, 0.3) is 0 Å². The van der Waals surface area contributed by atoms with E-state index in [9.17, 15) is 15.2 Å². The molecule has 10 heteroatoms. The first kappa shape index (κ1) is 21.2. The van der Waals surface area contributed by atoms with Gasteiger partial charge in [0, 0.05) is 24.9 Å². The average Bonchev–Trinajstić information content (AvgIpc) is 3.30. The number of anilines is 2. The standard InChI is InChI=1S/C22H20FN5O4/c23-27-19-7-2-1-6-18(19)22(26(13-4-14-29)16-5-3-12-24-15-16)25-20(27)10-8-17-9-11-21(32-17)28(30)31/h1-3,5-12,15,20,29H,4,13-14H2. The number of pyridine rings is 1. The number of nitrogens with zero attached hydrogens (tertiary/aromatic N) is 5. The van der Waals surface area contributed by atoms with Crippen LogP contribution in [-0.2, 0) is 0 Å². The first-order chi connectivity index (χ1) is 15.6. The van der Waals surface area contributed by atoms with Crippen LogP contribution in [-0.4, -0.2) is 40.2 Å². The van der Waals surface area contributed by atoms with Crippen LogP contribution in [0.25, 0.3) is 6.08 Å². The van der Waals surface area contributed by atoms with Crippen molar-refractivity contribution in [1.29, 1.82) is 0 Å². The van der Waals surface area contributed by atoms with Gasteiger partial charge in [-0.05, 0) is 48.9 Å². The van der Waals surface area contributed by atoms with Crippen LogP contribution in [0.3, 0.4) is 0 Å². The molecule has 0 radical (unpaired) electrons. The lowest BCUT2D eigenvalue weighted by Gasteiger charge is -2.34. The van der Waals surface area contributed by atoms with Crippen molar-refractivity contribution < 1.29 is 18.9 Å². The highest BCUT2D eigenvalue weighted by atomic mass is 19.2. The number of rotatable bonds is 7. The van der Waals surface area contributed by atoms with Gasteiger partial charge >= 0.3 is 5.88 Å². The van der Waals surface area contributed by atoms with Crippen molar-refractivity contribution in [1.82, 2.24) is 4.98 Å². The maximum atomic E-state index is 15.2. The Morgan fingerprint density at radius 3 is 2.81 bits per heavy atom. The number of aliphatic hydroxyl groups is 1. The minimum absolute atomic E-state index is 0.0124. The summed E-state index contributed by atoms with van der Waals surface area (Å²) in [6.07, 6.45) is 5.69. The molecule has 0 spiro atoms. The molecule has 0 saturated heterocycles. The fourth-order valence-corrected chi connectivity index (χ4v) is 3.38. The van der Waals surface area contributed by atoms with Gasteiger partial charge in [-0.1, -0.05) is 16.6 Å². The third kappa shape index (κ3) is 4.35.